The average Bonchev–Trinajstić information content (AvgIpc) is 2.63. The van der Waals surface area contributed by atoms with Crippen molar-refractivity contribution in [2.45, 2.75) is 83.2 Å². The molecule has 2 aliphatic carbocycles. The van der Waals surface area contributed by atoms with E-state index in [1.54, 1.807) is 0 Å². The fraction of sp³-hybridized carbons (Fsp3) is 1.00. The predicted molar refractivity (Wildman–Crippen MR) is 76.9 cm³/mol. The molecule has 0 aromatic carbocycles. The first-order chi connectivity index (χ1) is 8.88. The third-order valence-electron chi connectivity index (χ3n) is 4.72. The second kappa shape index (κ2) is 8.16. The maximum atomic E-state index is 5.59. The normalized spacial score (nSPS) is 31.2. The molecule has 2 rings (SSSR count). The van der Waals surface area contributed by atoms with Gasteiger partial charge in [0.1, 0.15) is 0 Å². The molecule has 2 atom stereocenters. The van der Waals surface area contributed by atoms with Crippen molar-refractivity contribution in [3.05, 3.63) is 0 Å². The van der Waals surface area contributed by atoms with E-state index < -0.39 is 0 Å². The molecule has 0 bridgehead atoms. The van der Waals surface area contributed by atoms with Gasteiger partial charge in [-0.2, -0.15) is 0 Å². The van der Waals surface area contributed by atoms with Gasteiger partial charge in [-0.25, -0.2) is 0 Å². The molecule has 2 nitrogen and oxygen atoms in total. The Morgan fingerprint density at radius 1 is 0.833 bits per heavy atom. The maximum Gasteiger partial charge on any atom is 0.0494 e. The topological polar surface area (TPSA) is 21.3 Å². The van der Waals surface area contributed by atoms with Gasteiger partial charge in [0.15, 0.2) is 0 Å². The Balaban J connectivity index is 1.67. The van der Waals surface area contributed by atoms with E-state index in [1.807, 2.05) is 0 Å². The van der Waals surface area contributed by atoms with Crippen LogP contribution in [0.5, 0.6) is 0 Å². The average molecular weight is 253 g/mol. The monoisotopic (exact) mass is 253 g/mol. The van der Waals surface area contributed by atoms with Gasteiger partial charge in [0.05, 0.1) is 0 Å². The quantitative estimate of drug-likeness (QED) is 0.750. The Bertz CT molecular complexity index is 213. The van der Waals surface area contributed by atoms with Crippen LogP contribution < -0.4 is 5.32 Å². The summed E-state index contributed by atoms with van der Waals surface area (Å²) in [6.07, 6.45) is 14.1. The molecule has 0 aliphatic heterocycles. The summed E-state index contributed by atoms with van der Waals surface area (Å²) in [5, 5.41) is 3.93. The zero-order valence-corrected chi connectivity index (χ0v) is 12.1. The number of hydrogen-bond acceptors (Lipinski definition) is 2. The van der Waals surface area contributed by atoms with E-state index in [2.05, 4.69) is 12.2 Å². The lowest BCUT2D eigenvalue weighted by Crippen LogP contribution is -2.39. The standard InChI is InChI=1S/C16H31NO/c1-2-18-13-14-7-6-10-16(12-11-14)17-15-8-4-3-5-9-15/h14-17H,2-13H2,1H3/t14-,16-/m1/s1. The maximum absolute atomic E-state index is 5.59. The molecule has 0 aromatic rings. The summed E-state index contributed by atoms with van der Waals surface area (Å²) in [7, 11) is 0. The minimum absolute atomic E-state index is 0.791. The summed E-state index contributed by atoms with van der Waals surface area (Å²) in [5.41, 5.74) is 0. The molecule has 1 N–H and O–H groups in total. The summed E-state index contributed by atoms with van der Waals surface area (Å²) < 4.78 is 5.59. The van der Waals surface area contributed by atoms with Crippen molar-refractivity contribution in [1.82, 2.24) is 5.32 Å². The van der Waals surface area contributed by atoms with Crippen molar-refractivity contribution in [3.63, 3.8) is 0 Å². The van der Waals surface area contributed by atoms with Crippen LogP contribution in [0.25, 0.3) is 0 Å². The van der Waals surface area contributed by atoms with Crippen LogP contribution >= 0.6 is 0 Å². The lowest BCUT2D eigenvalue weighted by molar-refractivity contribution is 0.104. The first-order valence-corrected chi connectivity index (χ1v) is 8.22. The molecule has 2 heteroatoms. The highest BCUT2D eigenvalue weighted by atomic mass is 16.5. The van der Waals surface area contributed by atoms with Crippen LogP contribution in [0.15, 0.2) is 0 Å². The van der Waals surface area contributed by atoms with E-state index in [1.165, 1.54) is 64.2 Å². The van der Waals surface area contributed by atoms with Gasteiger partial charge >= 0.3 is 0 Å². The lowest BCUT2D eigenvalue weighted by Gasteiger charge is -2.28. The fourth-order valence-corrected chi connectivity index (χ4v) is 3.60. The van der Waals surface area contributed by atoms with Gasteiger partial charge in [0.2, 0.25) is 0 Å². The number of ether oxygens (including phenoxy) is 1. The van der Waals surface area contributed by atoms with Crippen LogP contribution in [0, 0.1) is 5.92 Å². The molecular weight excluding hydrogens is 222 g/mol. The second-order valence-corrected chi connectivity index (χ2v) is 6.23. The van der Waals surface area contributed by atoms with Crippen molar-refractivity contribution in [3.8, 4) is 0 Å². The molecule has 2 fully saturated rings. The van der Waals surface area contributed by atoms with E-state index >= 15 is 0 Å². The summed E-state index contributed by atoms with van der Waals surface area (Å²) in [4.78, 5) is 0. The van der Waals surface area contributed by atoms with Crippen LogP contribution in [-0.2, 0) is 4.74 Å². The van der Waals surface area contributed by atoms with Gasteiger partial charge in [-0.15, -0.1) is 0 Å². The molecule has 2 saturated carbocycles. The first-order valence-electron chi connectivity index (χ1n) is 8.22. The largest absolute Gasteiger partial charge is 0.381 e. The molecule has 0 unspecified atom stereocenters. The molecule has 0 saturated heterocycles. The van der Waals surface area contributed by atoms with Crippen LogP contribution in [0.4, 0.5) is 0 Å². The molecular formula is C16H31NO. The molecule has 18 heavy (non-hydrogen) atoms. The molecule has 2 aliphatic rings. The lowest BCUT2D eigenvalue weighted by atomic mass is 9.94. The summed E-state index contributed by atoms with van der Waals surface area (Å²) in [6, 6.07) is 1.62. The van der Waals surface area contributed by atoms with Crippen molar-refractivity contribution in [1.29, 1.82) is 0 Å². The van der Waals surface area contributed by atoms with Crippen molar-refractivity contribution in [2.75, 3.05) is 13.2 Å². The molecule has 0 spiro atoms. The van der Waals surface area contributed by atoms with Gasteiger partial charge in [-0.1, -0.05) is 25.7 Å². The molecule has 0 heterocycles. The van der Waals surface area contributed by atoms with E-state index in [0.29, 0.717) is 0 Å². The Morgan fingerprint density at radius 2 is 1.56 bits per heavy atom. The van der Waals surface area contributed by atoms with Crippen molar-refractivity contribution in [2.24, 2.45) is 5.92 Å². The highest BCUT2D eigenvalue weighted by molar-refractivity contribution is 4.80. The molecule has 106 valence electrons. The van der Waals surface area contributed by atoms with Crippen LogP contribution in [0.3, 0.4) is 0 Å². The number of nitrogens with one attached hydrogen (secondary N) is 1. The van der Waals surface area contributed by atoms with Gasteiger partial charge in [0.25, 0.3) is 0 Å². The Morgan fingerprint density at radius 3 is 2.33 bits per heavy atom. The number of hydrogen-bond donors (Lipinski definition) is 1. The Labute approximate surface area is 113 Å². The molecule has 0 radical (unpaired) electrons. The van der Waals surface area contributed by atoms with Gasteiger partial charge < -0.3 is 10.1 Å². The van der Waals surface area contributed by atoms with E-state index in [4.69, 9.17) is 4.74 Å². The highest BCUT2D eigenvalue weighted by Crippen LogP contribution is 2.25. The Hall–Kier alpha value is -0.0800. The minimum Gasteiger partial charge on any atom is -0.381 e. The second-order valence-electron chi connectivity index (χ2n) is 6.23. The first kappa shape index (κ1) is 14.3. The summed E-state index contributed by atoms with van der Waals surface area (Å²) in [5.74, 6) is 0.822. The van der Waals surface area contributed by atoms with Crippen molar-refractivity contribution < 1.29 is 4.74 Å². The van der Waals surface area contributed by atoms with Gasteiger partial charge in [-0.3, -0.25) is 0 Å². The summed E-state index contributed by atoms with van der Waals surface area (Å²) >= 11 is 0. The van der Waals surface area contributed by atoms with E-state index in [-0.39, 0.29) is 0 Å². The third kappa shape index (κ3) is 4.89. The third-order valence-corrected chi connectivity index (χ3v) is 4.72. The molecule has 0 aromatic heterocycles. The molecule has 0 amide bonds. The zero-order chi connectivity index (χ0) is 12.6. The summed E-state index contributed by atoms with van der Waals surface area (Å²) in [6.45, 7) is 3.97. The predicted octanol–water partition coefficient (Wildman–Crippen LogP) is 3.89. The Kier molecular flexibility index (Phi) is 6.50. The van der Waals surface area contributed by atoms with Gasteiger partial charge in [0, 0.05) is 25.3 Å². The van der Waals surface area contributed by atoms with Crippen LogP contribution in [0.2, 0.25) is 0 Å². The van der Waals surface area contributed by atoms with Crippen LogP contribution in [-0.4, -0.2) is 25.3 Å². The SMILES string of the molecule is CCOC[C@@H]1CCC[C@@H](NC2CCCCC2)CC1. The van der Waals surface area contributed by atoms with E-state index in [0.717, 1.165) is 31.2 Å². The zero-order valence-electron chi connectivity index (χ0n) is 12.1. The minimum atomic E-state index is 0.791. The number of rotatable bonds is 5. The highest BCUT2D eigenvalue weighted by Gasteiger charge is 2.22. The van der Waals surface area contributed by atoms with E-state index in [9.17, 15) is 0 Å². The van der Waals surface area contributed by atoms with Gasteiger partial charge in [-0.05, 0) is 51.4 Å². The van der Waals surface area contributed by atoms with Crippen LogP contribution in [0.1, 0.15) is 71.1 Å². The smallest absolute Gasteiger partial charge is 0.0494 e. The fourth-order valence-electron chi connectivity index (χ4n) is 3.60. The van der Waals surface area contributed by atoms with Crippen molar-refractivity contribution >= 4 is 0 Å².